The fourth-order valence-electron chi connectivity index (χ4n) is 1.43. The Hall–Kier alpha value is -0.496. The molecule has 0 aromatic heterocycles. The molecule has 0 saturated heterocycles. The van der Waals surface area contributed by atoms with E-state index in [0.29, 0.717) is 12.8 Å². The van der Waals surface area contributed by atoms with E-state index in [9.17, 15) is 13.6 Å². The molecular weight excluding hydrogens is 306 g/mol. The molecule has 0 bridgehead atoms. The predicted molar refractivity (Wildman–Crippen MR) is 89.7 cm³/mol. The number of allylic oxidation sites excluding steroid dienone is 1. The molecule has 0 aliphatic heterocycles. The third-order valence-corrected chi connectivity index (χ3v) is 10.3. The van der Waals surface area contributed by atoms with Gasteiger partial charge in [0.05, 0.1) is 0 Å². The summed E-state index contributed by atoms with van der Waals surface area (Å²) in [5, 5.41) is 0.107. The van der Waals surface area contributed by atoms with Crippen molar-refractivity contribution in [2.45, 2.75) is 77.8 Å². The van der Waals surface area contributed by atoms with Crippen molar-refractivity contribution in [3.05, 3.63) is 11.8 Å². The highest BCUT2D eigenvalue weighted by molar-refractivity contribution is 7.03. The van der Waals surface area contributed by atoms with Crippen LogP contribution in [0.3, 0.4) is 0 Å². The molecule has 2 nitrogen and oxygen atoms in total. The summed E-state index contributed by atoms with van der Waals surface area (Å²) in [6, 6.07) is 0. The highest BCUT2D eigenvalue weighted by atomic mass is 28.4. The fourth-order valence-corrected chi connectivity index (χ4v) is 3.46. The van der Waals surface area contributed by atoms with Crippen LogP contribution in [0.5, 0.6) is 0 Å². The van der Waals surface area contributed by atoms with E-state index in [2.05, 4.69) is 0 Å². The van der Waals surface area contributed by atoms with Gasteiger partial charge in [-0.25, -0.2) is 0 Å². The lowest BCUT2D eigenvalue weighted by molar-refractivity contribution is -0.112. The zero-order chi connectivity index (χ0) is 17.1. The average Bonchev–Trinajstić information content (AvgIpc) is 2.24. The molecule has 6 heteroatoms. The molecule has 0 spiro atoms. The highest BCUT2D eigenvalue weighted by Crippen LogP contribution is 2.39. The SMILES string of the molecule is CC(C)(C)[Si](C)(C)OC(CCCC(=O)[Si](C)(C)C)=C(F)F. The maximum Gasteiger partial charge on any atom is 0.306 e. The Kier molecular flexibility index (Phi) is 7.01. The summed E-state index contributed by atoms with van der Waals surface area (Å²) in [5.74, 6) is -0.218. The Morgan fingerprint density at radius 3 is 1.81 bits per heavy atom. The van der Waals surface area contributed by atoms with Crippen LogP contribution in [0.4, 0.5) is 8.78 Å². The lowest BCUT2D eigenvalue weighted by Gasteiger charge is -2.37. The van der Waals surface area contributed by atoms with Gasteiger partial charge in [0.2, 0.25) is 8.32 Å². The van der Waals surface area contributed by atoms with Gasteiger partial charge in [-0.05, 0) is 24.6 Å². The molecule has 0 atom stereocenters. The topological polar surface area (TPSA) is 26.3 Å². The molecule has 0 radical (unpaired) electrons. The monoisotopic (exact) mass is 336 g/mol. The van der Waals surface area contributed by atoms with Crippen LogP contribution in [-0.4, -0.2) is 21.8 Å². The first kappa shape index (κ1) is 20.5. The standard InChI is InChI=1S/C15H30F2O2Si2/c1-15(2,3)21(7,8)19-12(14(16)17)10-9-11-13(18)20(4,5)6/h9-11H2,1-8H3. The maximum absolute atomic E-state index is 13.1. The number of hydrogen-bond acceptors (Lipinski definition) is 2. The molecule has 0 amide bonds. The third kappa shape index (κ3) is 6.86. The van der Waals surface area contributed by atoms with Crippen LogP contribution >= 0.6 is 0 Å². The molecule has 0 N–H and O–H groups in total. The molecule has 0 aliphatic carbocycles. The van der Waals surface area contributed by atoms with Crippen molar-refractivity contribution < 1.29 is 18.0 Å². The van der Waals surface area contributed by atoms with Crippen LogP contribution in [0, 0.1) is 0 Å². The summed E-state index contributed by atoms with van der Waals surface area (Å²) in [7, 11) is -4.07. The summed E-state index contributed by atoms with van der Waals surface area (Å²) in [6.45, 7) is 15.9. The summed E-state index contributed by atoms with van der Waals surface area (Å²) in [4.78, 5) is 11.9. The van der Waals surface area contributed by atoms with Gasteiger partial charge in [0.1, 0.15) is 19.2 Å². The van der Waals surface area contributed by atoms with E-state index in [-0.39, 0.29) is 22.6 Å². The van der Waals surface area contributed by atoms with Gasteiger partial charge in [-0.1, -0.05) is 40.4 Å². The summed E-state index contributed by atoms with van der Waals surface area (Å²) >= 11 is 0. The Balaban J connectivity index is 4.71. The van der Waals surface area contributed by atoms with Crippen molar-refractivity contribution in [1.29, 1.82) is 0 Å². The molecule has 0 aromatic carbocycles. The number of rotatable bonds is 7. The van der Waals surface area contributed by atoms with Crippen LogP contribution in [-0.2, 0) is 9.22 Å². The number of carbonyl (C=O) groups excluding carboxylic acids is 1. The molecule has 0 aliphatic rings. The summed E-state index contributed by atoms with van der Waals surface area (Å²) in [5.41, 5.74) is 0. The van der Waals surface area contributed by atoms with Gasteiger partial charge in [0.25, 0.3) is 0 Å². The van der Waals surface area contributed by atoms with Crippen molar-refractivity contribution in [3.63, 3.8) is 0 Å². The van der Waals surface area contributed by atoms with Gasteiger partial charge < -0.3 is 9.22 Å². The quantitative estimate of drug-likeness (QED) is 0.438. The van der Waals surface area contributed by atoms with E-state index in [1.165, 1.54) is 0 Å². The normalized spacial score (nSPS) is 13.0. The minimum absolute atomic E-state index is 0.123. The first-order valence-corrected chi connectivity index (χ1v) is 13.9. The summed E-state index contributed by atoms with van der Waals surface area (Å²) < 4.78 is 31.9. The molecule has 21 heavy (non-hydrogen) atoms. The Bertz CT molecular complexity index is 401. The van der Waals surface area contributed by atoms with E-state index in [1.807, 2.05) is 53.5 Å². The van der Waals surface area contributed by atoms with Gasteiger partial charge in [-0.2, -0.15) is 8.78 Å². The lowest BCUT2D eigenvalue weighted by Crippen LogP contribution is -2.40. The minimum Gasteiger partial charge on any atom is -0.543 e. The second-order valence-electron chi connectivity index (χ2n) is 8.07. The van der Waals surface area contributed by atoms with Crippen LogP contribution in [0.15, 0.2) is 11.8 Å². The predicted octanol–water partition coefficient (Wildman–Crippen LogP) is 5.73. The molecule has 0 unspecified atom stereocenters. The second kappa shape index (κ2) is 7.18. The van der Waals surface area contributed by atoms with E-state index in [1.54, 1.807) is 0 Å². The molecule has 0 fully saturated rings. The fraction of sp³-hybridized carbons (Fsp3) is 0.800. The maximum atomic E-state index is 13.1. The van der Waals surface area contributed by atoms with Gasteiger partial charge in [-0.15, -0.1) is 0 Å². The van der Waals surface area contributed by atoms with Crippen molar-refractivity contribution in [2.75, 3.05) is 0 Å². The largest absolute Gasteiger partial charge is 0.543 e. The van der Waals surface area contributed by atoms with Gasteiger partial charge in [0.15, 0.2) is 0 Å². The Morgan fingerprint density at radius 1 is 1.00 bits per heavy atom. The average molecular weight is 337 g/mol. The smallest absolute Gasteiger partial charge is 0.306 e. The number of hydrogen-bond donors (Lipinski definition) is 0. The van der Waals surface area contributed by atoms with Crippen molar-refractivity contribution in [3.8, 4) is 0 Å². The molecule has 0 aromatic rings. The summed E-state index contributed by atoms with van der Waals surface area (Å²) in [6.07, 6.45) is -0.802. The van der Waals surface area contributed by atoms with E-state index >= 15 is 0 Å². The number of halogens is 2. The zero-order valence-electron chi connectivity index (χ0n) is 14.7. The highest BCUT2D eigenvalue weighted by Gasteiger charge is 2.40. The van der Waals surface area contributed by atoms with Crippen molar-refractivity contribution in [1.82, 2.24) is 0 Å². The van der Waals surface area contributed by atoms with Gasteiger partial charge in [-0.3, -0.25) is 0 Å². The number of carbonyl (C=O) groups is 1. The second-order valence-corrected chi connectivity index (χ2v) is 17.9. The Labute approximate surface area is 130 Å². The van der Waals surface area contributed by atoms with Crippen LogP contribution < -0.4 is 0 Å². The molecule has 124 valence electrons. The molecule has 0 heterocycles. The first-order chi connectivity index (χ1) is 9.18. The lowest BCUT2D eigenvalue weighted by atomic mass is 10.2. The van der Waals surface area contributed by atoms with Crippen LogP contribution in [0.1, 0.15) is 40.0 Å². The van der Waals surface area contributed by atoms with E-state index < -0.39 is 22.5 Å². The zero-order valence-corrected chi connectivity index (χ0v) is 16.7. The van der Waals surface area contributed by atoms with Gasteiger partial charge in [0, 0.05) is 12.8 Å². The first-order valence-electron chi connectivity index (χ1n) is 7.45. The molecule has 0 saturated carbocycles. The molecule has 0 rings (SSSR count). The van der Waals surface area contributed by atoms with E-state index in [4.69, 9.17) is 4.43 Å². The van der Waals surface area contributed by atoms with Crippen molar-refractivity contribution >= 4 is 21.8 Å². The molecular formula is C15H30F2O2Si2. The third-order valence-electron chi connectivity index (χ3n) is 4.04. The van der Waals surface area contributed by atoms with Crippen LogP contribution in [0.25, 0.3) is 0 Å². The minimum atomic E-state index is -2.26. The Morgan fingerprint density at radius 2 is 1.48 bits per heavy atom. The van der Waals surface area contributed by atoms with Gasteiger partial charge >= 0.3 is 6.08 Å². The van der Waals surface area contributed by atoms with Crippen LogP contribution in [0.2, 0.25) is 37.8 Å². The van der Waals surface area contributed by atoms with Crippen molar-refractivity contribution in [2.24, 2.45) is 0 Å². The van der Waals surface area contributed by atoms with E-state index in [0.717, 1.165) is 0 Å².